The molecule has 7 heteroatoms. The second-order valence-electron chi connectivity index (χ2n) is 10.1. The molecule has 7 nitrogen and oxygen atoms in total. The van der Waals surface area contributed by atoms with Crippen molar-refractivity contribution in [1.82, 2.24) is 0 Å². The average molecular weight is 411 g/mol. The fraction of sp³-hybridized carbons (Fsp3) is 0.864. The van der Waals surface area contributed by atoms with Gasteiger partial charge >= 0.3 is 0 Å². The van der Waals surface area contributed by atoms with Gasteiger partial charge in [-0.2, -0.15) is 0 Å². The zero-order valence-corrected chi connectivity index (χ0v) is 18.1. The molecule has 4 aliphatic rings. The number of carbonyl (C=O) groups is 1. The van der Waals surface area contributed by atoms with Crippen LogP contribution in [-0.2, 0) is 19.0 Å². The Morgan fingerprint density at radius 3 is 2.41 bits per heavy atom. The highest BCUT2D eigenvalue weighted by Crippen LogP contribution is 2.69. The van der Waals surface area contributed by atoms with Gasteiger partial charge in [0.1, 0.15) is 6.10 Å². The van der Waals surface area contributed by atoms with Gasteiger partial charge in [0.15, 0.2) is 12.0 Å². The Kier molecular flexibility index (Phi) is 4.76. The highest BCUT2D eigenvalue weighted by Gasteiger charge is 2.75. The van der Waals surface area contributed by atoms with Gasteiger partial charge in [-0.3, -0.25) is 4.79 Å². The molecule has 11 atom stereocenters. The van der Waals surface area contributed by atoms with Crippen molar-refractivity contribution in [2.24, 2.45) is 34.5 Å². The Balaban J connectivity index is 1.95. The van der Waals surface area contributed by atoms with E-state index in [4.69, 9.17) is 14.2 Å². The molecule has 0 amide bonds. The summed E-state index contributed by atoms with van der Waals surface area (Å²) < 4.78 is 17.0. The number of hydrogen-bond donors (Lipinski definition) is 3. The third-order valence-electron chi connectivity index (χ3n) is 8.93. The van der Waals surface area contributed by atoms with E-state index in [1.807, 2.05) is 26.8 Å². The van der Waals surface area contributed by atoms with Crippen molar-refractivity contribution >= 4 is 5.78 Å². The quantitative estimate of drug-likeness (QED) is 0.629. The zero-order valence-electron chi connectivity index (χ0n) is 18.1. The van der Waals surface area contributed by atoms with Crippen LogP contribution in [-0.4, -0.2) is 65.5 Å². The van der Waals surface area contributed by atoms with Crippen LogP contribution in [0.5, 0.6) is 0 Å². The maximum atomic E-state index is 13.6. The fourth-order valence-electron chi connectivity index (χ4n) is 7.77. The van der Waals surface area contributed by atoms with E-state index in [0.29, 0.717) is 12.2 Å². The molecule has 29 heavy (non-hydrogen) atoms. The predicted molar refractivity (Wildman–Crippen MR) is 103 cm³/mol. The first-order valence-electron chi connectivity index (χ1n) is 10.5. The predicted octanol–water partition coefficient (Wildman–Crippen LogP) is 1.25. The van der Waals surface area contributed by atoms with E-state index in [2.05, 4.69) is 0 Å². The number of ether oxygens (including phenoxy) is 3. The molecule has 0 aromatic heterocycles. The van der Waals surface area contributed by atoms with Crippen molar-refractivity contribution in [3.8, 4) is 0 Å². The van der Waals surface area contributed by atoms with E-state index in [-0.39, 0.29) is 30.1 Å². The molecule has 3 fully saturated rings. The summed E-state index contributed by atoms with van der Waals surface area (Å²) in [5.74, 6) is -0.764. The number of Topliss-reactive ketones (excluding diaryl/α,β-unsaturated/α-hetero) is 1. The van der Waals surface area contributed by atoms with Crippen molar-refractivity contribution in [3.05, 3.63) is 11.8 Å². The molecule has 0 spiro atoms. The molecule has 1 saturated heterocycles. The number of aliphatic hydroxyl groups excluding tert-OH is 2. The highest BCUT2D eigenvalue weighted by atomic mass is 16.6. The number of fused-ring (bicyclic) bond motifs is 2. The molecule has 2 saturated carbocycles. The summed E-state index contributed by atoms with van der Waals surface area (Å²) >= 11 is 0. The summed E-state index contributed by atoms with van der Waals surface area (Å²) in [5.41, 5.74) is -3.00. The van der Waals surface area contributed by atoms with Gasteiger partial charge in [-0.15, -0.1) is 0 Å². The summed E-state index contributed by atoms with van der Waals surface area (Å²) in [6.45, 7) is 7.62. The molecule has 0 aromatic carbocycles. The van der Waals surface area contributed by atoms with Gasteiger partial charge in [-0.1, -0.05) is 20.8 Å². The Morgan fingerprint density at radius 1 is 1.17 bits per heavy atom. The SMILES string of the molecule is COC1=C[C@H](C)[C@@H]2C[C@H]3O[C@H](O)C[C@H]4[C@](C)(O)[C@H](OC)[C@@H](O)[C@H]([C@@]2(C)C1=O)[C@@]34C. The molecule has 0 radical (unpaired) electrons. The summed E-state index contributed by atoms with van der Waals surface area (Å²) in [7, 11) is 2.96. The van der Waals surface area contributed by atoms with Gasteiger partial charge < -0.3 is 29.5 Å². The fourth-order valence-corrected chi connectivity index (χ4v) is 7.77. The maximum absolute atomic E-state index is 13.6. The normalized spacial score (nSPS) is 56.9. The van der Waals surface area contributed by atoms with E-state index in [9.17, 15) is 20.1 Å². The lowest BCUT2D eigenvalue weighted by molar-refractivity contribution is -0.354. The first-order valence-corrected chi connectivity index (χ1v) is 10.5. The van der Waals surface area contributed by atoms with Gasteiger partial charge in [0, 0.05) is 36.2 Å². The number of aliphatic hydroxyl groups is 3. The number of methoxy groups -OCH3 is 2. The summed E-state index contributed by atoms with van der Waals surface area (Å²) in [6.07, 6.45) is -0.691. The van der Waals surface area contributed by atoms with Gasteiger partial charge in [0.2, 0.25) is 5.78 Å². The van der Waals surface area contributed by atoms with Crippen LogP contribution in [0.15, 0.2) is 11.8 Å². The number of rotatable bonds is 2. The standard InChI is InChI=1S/C22H34O7/c1-10-7-12(27-5)18(25)20(2)11(10)8-14-21(3)13(9-15(23)29-14)22(4,26)19(28-6)16(24)17(20)21/h7,10-11,13-17,19,23-24,26H,8-9H2,1-6H3/t10-,11-,13+,14+,15-,16-,17+,19+,20-,21+,22-/m0/s1. The summed E-state index contributed by atoms with van der Waals surface area (Å²) in [5, 5.41) is 33.5. The zero-order chi connectivity index (χ0) is 21.5. The van der Waals surface area contributed by atoms with E-state index >= 15 is 0 Å². The van der Waals surface area contributed by atoms with Crippen molar-refractivity contribution in [2.75, 3.05) is 14.2 Å². The number of carbonyl (C=O) groups excluding carboxylic acids is 1. The molecule has 1 aliphatic heterocycles. The Morgan fingerprint density at radius 2 is 1.83 bits per heavy atom. The van der Waals surface area contributed by atoms with Gasteiger partial charge in [-0.05, 0) is 31.3 Å². The van der Waals surface area contributed by atoms with Crippen molar-refractivity contribution in [1.29, 1.82) is 0 Å². The first kappa shape index (κ1) is 21.2. The lowest BCUT2D eigenvalue weighted by Crippen LogP contribution is -2.78. The molecule has 164 valence electrons. The van der Waals surface area contributed by atoms with Crippen molar-refractivity contribution in [3.63, 3.8) is 0 Å². The van der Waals surface area contributed by atoms with Crippen LogP contribution in [0.25, 0.3) is 0 Å². The van der Waals surface area contributed by atoms with Crippen LogP contribution in [0, 0.1) is 34.5 Å². The number of hydrogen-bond acceptors (Lipinski definition) is 7. The highest BCUT2D eigenvalue weighted by molar-refractivity contribution is 5.99. The Bertz CT molecular complexity index is 733. The summed E-state index contributed by atoms with van der Waals surface area (Å²) in [4.78, 5) is 13.6. The largest absolute Gasteiger partial charge is 0.493 e. The van der Waals surface area contributed by atoms with Gasteiger partial charge in [0.05, 0.1) is 24.9 Å². The minimum atomic E-state index is -1.38. The molecule has 3 aliphatic carbocycles. The molecule has 4 rings (SSSR count). The van der Waals surface area contributed by atoms with E-state index in [0.717, 1.165) is 0 Å². The van der Waals surface area contributed by atoms with Gasteiger partial charge in [0.25, 0.3) is 0 Å². The molecule has 0 bridgehead atoms. The average Bonchev–Trinajstić information content (AvgIpc) is 2.63. The van der Waals surface area contributed by atoms with Crippen LogP contribution in [0.2, 0.25) is 0 Å². The molecular formula is C22H34O7. The van der Waals surface area contributed by atoms with Crippen LogP contribution in [0.3, 0.4) is 0 Å². The Labute approximate surface area is 172 Å². The van der Waals surface area contributed by atoms with Crippen molar-refractivity contribution in [2.45, 2.75) is 70.7 Å². The molecular weight excluding hydrogens is 376 g/mol. The third-order valence-corrected chi connectivity index (χ3v) is 8.93. The smallest absolute Gasteiger partial charge is 0.203 e. The second-order valence-corrected chi connectivity index (χ2v) is 10.1. The van der Waals surface area contributed by atoms with Crippen LogP contribution in [0.4, 0.5) is 0 Å². The van der Waals surface area contributed by atoms with Crippen LogP contribution < -0.4 is 0 Å². The van der Waals surface area contributed by atoms with Crippen LogP contribution >= 0.6 is 0 Å². The Hall–Kier alpha value is -0.990. The van der Waals surface area contributed by atoms with Crippen molar-refractivity contribution < 1.29 is 34.3 Å². The lowest BCUT2D eigenvalue weighted by Gasteiger charge is -2.70. The van der Waals surface area contributed by atoms with E-state index in [1.165, 1.54) is 14.2 Å². The monoisotopic (exact) mass is 410 g/mol. The van der Waals surface area contributed by atoms with E-state index in [1.54, 1.807) is 6.92 Å². The number of ketones is 1. The van der Waals surface area contributed by atoms with E-state index < -0.39 is 46.8 Å². The lowest BCUT2D eigenvalue weighted by atomic mass is 9.37. The molecule has 3 N–H and O–H groups in total. The minimum absolute atomic E-state index is 0.0361. The maximum Gasteiger partial charge on any atom is 0.203 e. The number of allylic oxidation sites excluding steroid dienone is 2. The van der Waals surface area contributed by atoms with Crippen LogP contribution in [0.1, 0.15) is 40.5 Å². The molecule has 0 unspecified atom stereocenters. The molecule has 0 aromatic rings. The topological polar surface area (TPSA) is 105 Å². The van der Waals surface area contributed by atoms with Gasteiger partial charge in [-0.25, -0.2) is 0 Å². The summed E-state index contributed by atoms with van der Waals surface area (Å²) in [6, 6.07) is 0. The second kappa shape index (κ2) is 6.50. The third kappa shape index (κ3) is 2.45. The molecule has 1 heterocycles. The first-order chi connectivity index (χ1) is 13.4. The minimum Gasteiger partial charge on any atom is -0.493 e.